The molecule has 3 nitrogen and oxygen atoms in total. The molecule has 2 aromatic rings. The lowest BCUT2D eigenvalue weighted by molar-refractivity contribution is 0.102. The van der Waals surface area contributed by atoms with Gasteiger partial charge in [-0.25, -0.2) is 0 Å². The molecule has 0 bridgehead atoms. The van der Waals surface area contributed by atoms with Crippen molar-refractivity contribution in [1.29, 1.82) is 0 Å². The summed E-state index contributed by atoms with van der Waals surface area (Å²) in [6.45, 7) is 0. The van der Waals surface area contributed by atoms with Gasteiger partial charge in [0, 0.05) is 11.6 Å². The third kappa shape index (κ3) is 3.48. The Morgan fingerprint density at radius 3 is 2.42 bits per heavy atom. The minimum Gasteiger partial charge on any atom is -0.507 e. The van der Waals surface area contributed by atoms with Crippen LogP contribution in [0, 0.1) is 0 Å². The zero-order valence-electron chi connectivity index (χ0n) is 10.3. The Morgan fingerprint density at radius 2 is 1.79 bits per heavy atom. The van der Waals surface area contributed by atoms with Crippen molar-refractivity contribution in [3.8, 4) is 5.75 Å². The molecule has 0 fully saturated rings. The second-order valence-electron chi connectivity index (χ2n) is 4.11. The molecular weight excluding hydrogens is 262 g/mol. The number of amides is 1. The maximum Gasteiger partial charge on any atom is 0.259 e. The average molecular weight is 276 g/mol. The standard InChI is InChI=1S/C15H14ClNO2/c16-10-9-11-5-7-12(8-6-11)17-15(19)13-3-1-2-4-14(13)18/h1-8,18H,9-10H2,(H,17,19). The molecule has 2 aromatic carbocycles. The largest absolute Gasteiger partial charge is 0.507 e. The van der Waals surface area contributed by atoms with Crippen molar-refractivity contribution in [1.82, 2.24) is 0 Å². The molecule has 4 heteroatoms. The minimum atomic E-state index is -0.330. The smallest absolute Gasteiger partial charge is 0.259 e. The van der Waals surface area contributed by atoms with Crippen LogP contribution in [0.5, 0.6) is 5.75 Å². The number of anilines is 1. The van der Waals surface area contributed by atoms with Crippen LogP contribution >= 0.6 is 11.6 Å². The van der Waals surface area contributed by atoms with Gasteiger partial charge in [0.2, 0.25) is 0 Å². The van der Waals surface area contributed by atoms with Crippen LogP contribution in [0.25, 0.3) is 0 Å². The number of hydrogen-bond donors (Lipinski definition) is 2. The summed E-state index contributed by atoms with van der Waals surface area (Å²) in [6, 6.07) is 13.9. The molecule has 0 spiro atoms. The predicted molar refractivity (Wildman–Crippen MR) is 76.9 cm³/mol. The first-order chi connectivity index (χ1) is 9.20. The molecule has 0 atom stereocenters. The van der Waals surface area contributed by atoms with Gasteiger partial charge in [0.05, 0.1) is 5.56 Å². The number of benzene rings is 2. The second-order valence-corrected chi connectivity index (χ2v) is 4.49. The molecule has 2 N–H and O–H groups in total. The van der Waals surface area contributed by atoms with Gasteiger partial charge in [0.25, 0.3) is 5.91 Å². The van der Waals surface area contributed by atoms with E-state index in [2.05, 4.69) is 5.32 Å². The highest BCUT2D eigenvalue weighted by molar-refractivity contribution is 6.18. The highest BCUT2D eigenvalue weighted by Gasteiger charge is 2.10. The van der Waals surface area contributed by atoms with E-state index in [1.54, 1.807) is 18.2 Å². The molecule has 0 aromatic heterocycles. The topological polar surface area (TPSA) is 49.3 Å². The van der Waals surface area contributed by atoms with Gasteiger partial charge in [-0.3, -0.25) is 4.79 Å². The van der Waals surface area contributed by atoms with Crippen LogP contribution in [-0.4, -0.2) is 16.9 Å². The average Bonchev–Trinajstić information content (AvgIpc) is 2.42. The highest BCUT2D eigenvalue weighted by Crippen LogP contribution is 2.18. The van der Waals surface area contributed by atoms with Crippen LogP contribution < -0.4 is 5.32 Å². The van der Waals surface area contributed by atoms with Gasteiger partial charge >= 0.3 is 0 Å². The van der Waals surface area contributed by atoms with Crippen molar-refractivity contribution < 1.29 is 9.90 Å². The van der Waals surface area contributed by atoms with Crippen molar-refractivity contribution in [2.45, 2.75) is 6.42 Å². The van der Waals surface area contributed by atoms with E-state index in [1.165, 1.54) is 6.07 Å². The van der Waals surface area contributed by atoms with Crippen LogP contribution in [-0.2, 0) is 6.42 Å². The lowest BCUT2D eigenvalue weighted by atomic mass is 10.1. The number of carbonyl (C=O) groups excluding carboxylic acids is 1. The van der Waals surface area contributed by atoms with Gasteiger partial charge < -0.3 is 10.4 Å². The molecule has 19 heavy (non-hydrogen) atoms. The monoisotopic (exact) mass is 275 g/mol. The van der Waals surface area contributed by atoms with Crippen molar-refractivity contribution in [3.63, 3.8) is 0 Å². The van der Waals surface area contributed by atoms with E-state index >= 15 is 0 Å². The molecule has 0 unspecified atom stereocenters. The van der Waals surface area contributed by atoms with Crippen LogP contribution in [0.3, 0.4) is 0 Å². The number of hydrogen-bond acceptors (Lipinski definition) is 2. The summed E-state index contributed by atoms with van der Waals surface area (Å²) < 4.78 is 0. The Labute approximate surface area is 116 Å². The van der Waals surface area contributed by atoms with E-state index in [1.807, 2.05) is 24.3 Å². The summed E-state index contributed by atoms with van der Waals surface area (Å²) in [5.41, 5.74) is 2.06. The number of para-hydroxylation sites is 1. The molecule has 0 saturated carbocycles. The number of carbonyl (C=O) groups is 1. The lowest BCUT2D eigenvalue weighted by Gasteiger charge is -2.07. The van der Waals surface area contributed by atoms with Gasteiger partial charge in [-0.2, -0.15) is 0 Å². The Hall–Kier alpha value is -2.00. The van der Waals surface area contributed by atoms with Gasteiger partial charge in [0.1, 0.15) is 5.75 Å². The summed E-state index contributed by atoms with van der Waals surface area (Å²) in [7, 11) is 0. The number of aryl methyl sites for hydroxylation is 1. The highest BCUT2D eigenvalue weighted by atomic mass is 35.5. The summed E-state index contributed by atoms with van der Waals surface area (Å²) >= 11 is 5.66. The Bertz CT molecular complexity index is 567. The Kier molecular flexibility index (Phi) is 4.42. The third-order valence-electron chi connectivity index (χ3n) is 2.74. The van der Waals surface area contributed by atoms with Gasteiger partial charge in [-0.15, -0.1) is 11.6 Å². The maximum absolute atomic E-state index is 12.0. The molecule has 0 aliphatic heterocycles. The summed E-state index contributed by atoms with van der Waals surface area (Å²) in [4.78, 5) is 12.0. The van der Waals surface area contributed by atoms with E-state index in [0.29, 0.717) is 11.6 Å². The molecule has 1 amide bonds. The van der Waals surface area contributed by atoms with Gasteiger partial charge in [-0.1, -0.05) is 24.3 Å². The quantitative estimate of drug-likeness (QED) is 0.840. The zero-order chi connectivity index (χ0) is 13.7. The molecule has 0 radical (unpaired) electrons. The minimum absolute atomic E-state index is 0.0289. The van der Waals surface area contributed by atoms with E-state index in [4.69, 9.17) is 11.6 Å². The lowest BCUT2D eigenvalue weighted by Crippen LogP contribution is -2.11. The van der Waals surface area contributed by atoms with E-state index in [-0.39, 0.29) is 17.2 Å². The van der Waals surface area contributed by atoms with E-state index in [9.17, 15) is 9.90 Å². The summed E-state index contributed by atoms with van der Waals surface area (Å²) in [6.07, 6.45) is 0.801. The molecule has 0 saturated heterocycles. The van der Waals surface area contributed by atoms with Crippen molar-refractivity contribution in [2.24, 2.45) is 0 Å². The van der Waals surface area contributed by atoms with Gasteiger partial charge in [0.15, 0.2) is 0 Å². The fraction of sp³-hybridized carbons (Fsp3) is 0.133. The summed E-state index contributed by atoms with van der Waals surface area (Å²) in [5, 5.41) is 12.3. The second kappa shape index (κ2) is 6.25. The maximum atomic E-state index is 12.0. The van der Waals surface area contributed by atoms with Crippen molar-refractivity contribution in [3.05, 3.63) is 59.7 Å². The number of halogens is 1. The molecular formula is C15H14ClNO2. The molecule has 0 aliphatic rings. The number of phenolic OH excluding ortho intramolecular Hbond substituents is 1. The molecule has 0 heterocycles. The Balaban J connectivity index is 2.09. The first-order valence-corrected chi connectivity index (χ1v) is 6.48. The van der Waals surface area contributed by atoms with Crippen molar-refractivity contribution in [2.75, 3.05) is 11.2 Å². The molecule has 0 aliphatic carbocycles. The third-order valence-corrected chi connectivity index (χ3v) is 2.93. The van der Waals surface area contributed by atoms with Crippen LogP contribution in [0.15, 0.2) is 48.5 Å². The van der Waals surface area contributed by atoms with E-state index < -0.39 is 0 Å². The predicted octanol–water partition coefficient (Wildman–Crippen LogP) is 3.43. The summed E-state index contributed by atoms with van der Waals surface area (Å²) in [5.74, 6) is 0.214. The number of rotatable bonds is 4. The van der Waals surface area contributed by atoms with Crippen molar-refractivity contribution >= 4 is 23.2 Å². The first kappa shape index (κ1) is 13.4. The first-order valence-electron chi connectivity index (χ1n) is 5.95. The number of nitrogens with one attached hydrogen (secondary N) is 1. The number of aromatic hydroxyl groups is 1. The number of phenols is 1. The number of alkyl halides is 1. The normalized spacial score (nSPS) is 10.2. The fourth-order valence-corrected chi connectivity index (χ4v) is 1.95. The fourth-order valence-electron chi connectivity index (χ4n) is 1.73. The van der Waals surface area contributed by atoms with Crippen LogP contribution in [0.2, 0.25) is 0 Å². The van der Waals surface area contributed by atoms with E-state index in [0.717, 1.165) is 12.0 Å². The Morgan fingerprint density at radius 1 is 1.11 bits per heavy atom. The zero-order valence-corrected chi connectivity index (χ0v) is 11.0. The van der Waals surface area contributed by atoms with Gasteiger partial charge in [-0.05, 0) is 36.2 Å². The van der Waals surface area contributed by atoms with Crippen LogP contribution in [0.1, 0.15) is 15.9 Å². The SMILES string of the molecule is O=C(Nc1ccc(CCCl)cc1)c1ccccc1O. The molecule has 2 rings (SSSR count). The molecule has 98 valence electrons. The van der Waals surface area contributed by atoms with Crippen LogP contribution in [0.4, 0.5) is 5.69 Å².